The first-order valence-corrected chi connectivity index (χ1v) is 10.7. The molecule has 0 fully saturated rings. The highest BCUT2D eigenvalue weighted by Gasteiger charge is 2.28. The van der Waals surface area contributed by atoms with Gasteiger partial charge in [-0.3, -0.25) is 9.59 Å². The molecule has 0 aliphatic carbocycles. The van der Waals surface area contributed by atoms with Gasteiger partial charge >= 0.3 is 0 Å². The van der Waals surface area contributed by atoms with Gasteiger partial charge in [0, 0.05) is 13.6 Å². The maximum atomic E-state index is 13.1. The summed E-state index contributed by atoms with van der Waals surface area (Å²) in [6, 6.07) is 20.8. The van der Waals surface area contributed by atoms with Crippen LogP contribution in [0.3, 0.4) is 0 Å². The fourth-order valence-electron chi connectivity index (χ4n) is 3.41. The first-order chi connectivity index (χ1) is 14.5. The van der Waals surface area contributed by atoms with Crippen molar-refractivity contribution in [1.82, 2.24) is 10.2 Å². The number of hydrogen-bond donors (Lipinski definition) is 1. The third-order valence-corrected chi connectivity index (χ3v) is 5.83. The summed E-state index contributed by atoms with van der Waals surface area (Å²) in [5, 5.41) is 4.76. The molecule has 3 aromatic rings. The normalized spacial score (nSPS) is 11.7. The summed E-state index contributed by atoms with van der Waals surface area (Å²) < 4.78 is 6.67. The van der Waals surface area contributed by atoms with Crippen LogP contribution >= 0.6 is 15.9 Å². The second-order valence-electron chi connectivity index (χ2n) is 6.93. The molecule has 0 radical (unpaired) electrons. The molecule has 6 heteroatoms. The van der Waals surface area contributed by atoms with Crippen molar-refractivity contribution < 1.29 is 14.3 Å². The molecule has 30 heavy (non-hydrogen) atoms. The lowest BCUT2D eigenvalue weighted by atomic mass is 10.1. The van der Waals surface area contributed by atoms with Crippen molar-refractivity contribution in [1.29, 1.82) is 0 Å². The van der Waals surface area contributed by atoms with Crippen LogP contribution in [0.25, 0.3) is 10.8 Å². The number of rotatable bonds is 8. The van der Waals surface area contributed by atoms with Gasteiger partial charge in [-0.05, 0) is 44.8 Å². The Hall–Kier alpha value is -2.86. The number of ether oxygens (including phenoxy) is 1. The minimum absolute atomic E-state index is 0.155. The fraction of sp³-hybridized carbons (Fsp3) is 0.250. The number of nitrogens with zero attached hydrogens (tertiary/aromatic N) is 1. The molecule has 1 N–H and O–H groups in total. The largest absolute Gasteiger partial charge is 0.483 e. The number of benzene rings is 3. The Labute approximate surface area is 185 Å². The Morgan fingerprint density at radius 2 is 1.73 bits per heavy atom. The van der Waals surface area contributed by atoms with E-state index >= 15 is 0 Å². The highest BCUT2D eigenvalue weighted by molar-refractivity contribution is 9.10. The zero-order valence-corrected chi connectivity index (χ0v) is 18.7. The third kappa shape index (κ3) is 5.00. The van der Waals surface area contributed by atoms with E-state index in [4.69, 9.17) is 4.74 Å². The first-order valence-electron chi connectivity index (χ1n) is 9.90. The number of carbonyl (C=O) groups is 2. The molecule has 1 atom stereocenters. The molecule has 0 aliphatic heterocycles. The second kappa shape index (κ2) is 10.3. The summed E-state index contributed by atoms with van der Waals surface area (Å²) in [6.45, 7) is 2.08. The van der Waals surface area contributed by atoms with E-state index < -0.39 is 6.04 Å². The van der Waals surface area contributed by atoms with Gasteiger partial charge in [0.25, 0.3) is 5.91 Å². The van der Waals surface area contributed by atoms with Crippen molar-refractivity contribution in [3.8, 4) is 5.75 Å². The molecule has 5 nitrogen and oxygen atoms in total. The molecule has 3 aromatic carbocycles. The highest BCUT2D eigenvalue weighted by atomic mass is 79.9. The maximum Gasteiger partial charge on any atom is 0.261 e. The van der Waals surface area contributed by atoms with E-state index in [-0.39, 0.29) is 18.4 Å². The molecule has 0 saturated heterocycles. The van der Waals surface area contributed by atoms with Crippen molar-refractivity contribution in [2.45, 2.75) is 25.9 Å². The lowest BCUT2D eigenvalue weighted by molar-refractivity contribution is -0.142. The molecule has 156 valence electrons. The van der Waals surface area contributed by atoms with Crippen LogP contribution in [0.4, 0.5) is 0 Å². The molecule has 0 aromatic heterocycles. The standard InChI is InChI=1S/C24H25BrN2O3/c1-3-20(24(29)26-2)27(15-17-9-5-4-6-10-17)22(28)16-30-21-14-13-18-11-7-8-12-19(18)23(21)25/h4-14,20H,3,15-16H2,1-2H3,(H,26,29)/t20-/m1/s1. The quantitative estimate of drug-likeness (QED) is 0.527. The number of nitrogens with one attached hydrogen (secondary N) is 1. The van der Waals surface area contributed by atoms with Crippen molar-refractivity contribution in [3.05, 3.63) is 76.8 Å². The zero-order chi connectivity index (χ0) is 21.5. The van der Waals surface area contributed by atoms with Crippen LogP contribution < -0.4 is 10.1 Å². The van der Waals surface area contributed by atoms with E-state index in [1.807, 2.05) is 73.7 Å². The Kier molecular flexibility index (Phi) is 7.46. The minimum atomic E-state index is -0.564. The summed E-state index contributed by atoms with van der Waals surface area (Å²) in [4.78, 5) is 27.1. The minimum Gasteiger partial charge on any atom is -0.483 e. The predicted molar refractivity (Wildman–Crippen MR) is 122 cm³/mol. The molecule has 3 rings (SSSR count). The van der Waals surface area contributed by atoms with Crippen LogP contribution in [0.2, 0.25) is 0 Å². The number of amides is 2. The fourth-order valence-corrected chi connectivity index (χ4v) is 4.02. The molecule has 0 unspecified atom stereocenters. The molecule has 0 spiro atoms. The number of halogens is 1. The topological polar surface area (TPSA) is 58.6 Å². The van der Waals surface area contributed by atoms with E-state index in [1.54, 1.807) is 11.9 Å². The number of hydrogen-bond acceptors (Lipinski definition) is 3. The lowest BCUT2D eigenvalue weighted by Crippen LogP contribution is -2.49. The molecular formula is C24H25BrN2O3. The SMILES string of the molecule is CC[C@H](C(=O)NC)N(Cc1ccccc1)C(=O)COc1ccc2ccccc2c1Br. The van der Waals surface area contributed by atoms with Crippen LogP contribution in [0, 0.1) is 0 Å². The number of fused-ring (bicyclic) bond motifs is 1. The van der Waals surface area contributed by atoms with Crippen LogP contribution in [-0.4, -0.2) is 36.4 Å². The summed E-state index contributed by atoms with van der Waals surface area (Å²) in [7, 11) is 1.58. The average molecular weight is 469 g/mol. The van der Waals surface area contributed by atoms with Crippen LogP contribution in [0.15, 0.2) is 71.2 Å². The molecule has 0 heterocycles. The van der Waals surface area contributed by atoms with E-state index in [9.17, 15) is 9.59 Å². The van der Waals surface area contributed by atoms with E-state index in [0.29, 0.717) is 18.7 Å². The van der Waals surface area contributed by atoms with Gasteiger partial charge in [0.05, 0.1) is 4.47 Å². The van der Waals surface area contributed by atoms with Gasteiger partial charge in [-0.25, -0.2) is 0 Å². The van der Waals surface area contributed by atoms with Crippen molar-refractivity contribution in [2.75, 3.05) is 13.7 Å². The van der Waals surface area contributed by atoms with E-state index in [2.05, 4.69) is 21.2 Å². The summed E-state index contributed by atoms with van der Waals surface area (Å²) in [5.74, 6) is 0.165. The van der Waals surface area contributed by atoms with Gasteiger partial charge < -0.3 is 15.0 Å². The lowest BCUT2D eigenvalue weighted by Gasteiger charge is -2.30. The van der Waals surface area contributed by atoms with Crippen molar-refractivity contribution >= 4 is 38.5 Å². The van der Waals surface area contributed by atoms with E-state index in [0.717, 1.165) is 20.8 Å². The van der Waals surface area contributed by atoms with Gasteiger partial charge in [-0.1, -0.05) is 67.6 Å². The van der Waals surface area contributed by atoms with Gasteiger partial charge in [-0.2, -0.15) is 0 Å². The molecule has 0 saturated carbocycles. The monoisotopic (exact) mass is 468 g/mol. The highest BCUT2D eigenvalue weighted by Crippen LogP contribution is 2.33. The Morgan fingerprint density at radius 3 is 2.43 bits per heavy atom. The smallest absolute Gasteiger partial charge is 0.261 e. The number of carbonyl (C=O) groups excluding carboxylic acids is 2. The summed E-state index contributed by atoms with van der Waals surface area (Å²) in [6.07, 6.45) is 0.512. The first kappa shape index (κ1) is 21.8. The third-order valence-electron chi connectivity index (χ3n) is 5.01. The van der Waals surface area contributed by atoms with Crippen molar-refractivity contribution in [2.24, 2.45) is 0 Å². The van der Waals surface area contributed by atoms with Gasteiger partial charge in [0.15, 0.2) is 6.61 Å². The number of likely N-dealkylation sites (N-methyl/N-ethyl adjacent to an activating group) is 1. The van der Waals surface area contributed by atoms with Gasteiger partial charge in [0.1, 0.15) is 11.8 Å². The Bertz CT molecular complexity index is 1020. The second-order valence-corrected chi connectivity index (χ2v) is 7.73. The van der Waals surface area contributed by atoms with E-state index in [1.165, 1.54) is 0 Å². The van der Waals surface area contributed by atoms with Crippen LogP contribution in [0.1, 0.15) is 18.9 Å². The van der Waals surface area contributed by atoms with Crippen molar-refractivity contribution in [3.63, 3.8) is 0 Å². The van der Waals surface area contributed by atoms with Crippen LogP contribution in [0.5, 0.6) is 5.75 Å². The predicted octanol–water partition coefficient (Wildman–Crippen LogP) is 4.53. The Morgan fingerprint density at radius 1 is 1.03 bits per heavy atom. The Balaban J connectivity index is 1.80. The molecule has 2 amide bonds. The molecule has 0 bridgehead atoms. The maximum absolute atomic E-state index is 13.1. The molecular weight excluding hydrogens is 444 g/mol. The summed E-state index contributed by atoms with van der Waals surface area (Å²) in [5.41, 5.74) is 0.958. The van der Waals surface area contributed by atoms with Crippen LogP contribution in [-0.2, 0) is 16.1 Å². The molecule has 0 aliphatic rings. The zero-order valence-electron chi connectivity index (χ0n) is 17.1. The van der Waals surface area contributed by atoms with Gasteiger partial charge in [0.2, 0.25) is 5.91 Å². The summed E-state index contributed by atoms with van der Waals surface area (Å²) >= 11 is 3.59. The average Bonchev–Trinajstić information content (AvgIpc) is 2.79. The van der Waals surface area contributed by atoms with Gasteiger partial charge in [-0.15, -0.1) is 0 Å².